The molecule has 1 aliphatic carbocycles. The summed E-state index contributed by atoms with van der Waals surface area (Å²) in [6, 6.07) is 4.15. The normalized spacial score (nSPS) is 26.5. The second-order valence-corrected chi connectivity index (χ2v) is 6.27. The van der Waals surface area contributed by atoms with Crippen LogP contribution in [0.5, 0.6) is 0 Å². The first-order chi connectivity index (χ1) is 9.95. The highest BCUT2D eigenvalue weighted by Crippen LogP contribution is 2.37. The molecular weight excluding hydrogens is 329 g/mol. The lowest BCUT2D eigenvalue weighted by atomic mass is 9.98. The number of hydrogen-bond donors (Lipinski definition) is 1. The molecule has 2 fully saturated rings. The number of carbonyl (C=O) groups excluding carboxylic acids is 1. The number of nitrogens with zero attached hydrogens (tertiary/aromatic N) is 2. The molecule has 1 heterocycles. The fourth-order valence-electron chi connectivity index (χ4n) is 3.46. The second-order valence-electron chi connectivity index (χ2n) is 5.83. The van der Waals surface area contributed by atoms with Crippen LogP contribution in [0.25, 0.3) is 0 Å². The summed E-state index contributed by atoms with van der Waals surface area (Å²) in [6.45, 7) is 1.31. The van der Waals surface area contributed by atoms with E-state index in [1.807, 2.05) is 0 Å². The Morgan fingerprint density at radius 1 is 1.32 bits per heavy atom. The highest BCUT2D eigenvalue weighted by atomic mass is 35.5. The minimum atomic E-state index is -0.544. The minimum absolute atomic E-state index is 0. The predicted molar refractivity (Wildman–Crippen MR) is 85.4 cm³/mol. The molecule has 1 aliphatic heterocycles. The van der Waals surface area contributed by atoms with Crippen molar-refractivity contribution in [1.82, 2.24) is 4.90 Å². The van der Waals surface area contributed by atoms with Crippen LogP contribution in [0.3, 0.4) is 0 Å². The van der Waals surface area contributed by atoms with Gasteiger partial charge >= 0.3 is 0 Å². The van der Waals surface area contributed by atoms with Gasteiger partial charge in [0.05, 0.1) is 4.92 Å². The van der Waals surface area contributed by atoms with Crippen LogP contribution >= 0.6 is 24.0 Å². The molecule has 0 aromatic heterocycles. The first-order valence-corrected chi connectivity index (χ1v) is 7.33. The van der Waals surface area contributed by atoms with Gasteiger partial charge in [-0.25, -0.2) is 0 Å². The second kappa shape index (κ2) is 6.40. The molecule has 1 saturated heterocycles. The van der Waals surface area contributed by atoms with Crippen molar-refractivity contribution >= 4 is 35.6 Å². The fourth-order valence-corrected chi connectivity index (χ4v) is 3.69. The van der Waals surface area contributed by atoms with Gasteiger partial charge in [-0.3, -0.25) is 14.9 Å². The number of benzene rings is 1. The number of nitro benzene ring substituents is 1. The quantitative estimate of drug-likeness (QED) is 0.658. The molecule has 2 aliphatic rings. The van der Waals surface area contributed by atoms with E-state index >= 15 is 0 Å². The van der Waals surface area contributed by atoms with Crippen LogP contribution < -0.4 is 5.73 Å². The van der Waals surface area contributed by atoms with E-state index in [4.69, 9.17) is 17.3 Å². The molecule has 1 aromatic carbocycles. The molecule has 0 bridgehead atoms. The van der Waals surface area contributed by atoms with E-state index < -0.39 is 4.92 Å². The summed E-state index contributed by atoms with van der Waals surface area (Å²) in [7, 11) is 0. The smallest absolute Gasteiger partial charge is 0.271 e. The van der Waals surface area contributed by atoms with Gasteiger partial charge in [-0.15, -0.1) is 12.4 Å². The summed E-state index contributed by atoms with van der Waals surface area (Å²) in [5, 5.41) is 11.1. The van der Waals surface area contributed by atoms with Crippen molar-refractivity contribution in [3.8, 4) is 0 Å². The molecule has 0 radical (unpaired) electrons. The molecule has 1 aromatic rings. The number of halogens is 2. The highest BCUT2D eigenvalue weighted by molar-refractivity contribution is 6.31. The molecule has 6 nitrogen and oxygen atoms in total. The fraction of sp³-hybridized carbons (Fsp3) is 0.500. The van der Waals surface area contributed by atoms with Crippen LogP contribution in [-0.2, 0) is 0 Å². The third-order valence-electron chi connectivity index (χ3n) is 4.54. The lowest BCUT2D eigenvalue weighted by Crippen LogP contribution is -2.33. The molecule has 2 N–H and O–H groups in total. The van der Waals surface area contributed by atoms with Crippen LogP contribution in [0, 0.1) is 22.0 Å². The first kappa shape index (κ1) is 17.0. The minimum Gasteiger partial charge on any atom is -0.338 e. The predicted octanol–water partition coefficient (Wildman–Crippen LogP) is 2.48. The van der Waals surface area contributed by atoms with Crippen molar-refractivity contribution in [3.05, 3.63) is 38.9 Å². The van der Waals surface area contributed by atoms with Crippen molar-refractivity contribution in [2.24, 2.45) is 17.6 Å². The summed E-state index contributed by atoms with van der Waals surface area (Å²) >= 11 is 5.87. The highest BCUT2D eigenvalue weighted by Gasteiger charge is 2.42. The van der Waals surface area contributed by atoms with E-state index in [0.717, 1.165) is 12.8 Å². The molecule has 1 amide bonds. The Labute approximate surface area is 139 Å². The maximum Gasteiger partial charge on any atom is 0.271 e. The summed E-state index contributed by atoms with van der Waals surface area (Å²) in [5.41, 5.74) is 6.16. The number of amides is 1. The number of carbonyl (C=O) groups is 1. The van der Waals surface area contributed by atoms with Crippen LogP contribution in [0.2, 0.25) is 5.02 Å². The van der Waals surface area contributed by atoms with Crippen molar-refractivity contribution in [3.63, 3.8) is 0 Å². The number of non-ortho nitro benzene ring substituents is 1. The molecular formula is C14H17Cl2N3O3. The largest absolute Gasteiger partial charge is 0.338 e. The number of rotatable bonds is 2. The van der Waals surface area contributed by atoms with E-state index in [9.17, 15) is 14.9 Å². The Hall–Kier alpha value is -1.37. The number of hydrogen-bond acceptors (Lipinski definition) is 4. The zero-order chi connectivity index (χ0) is 15.1. The van der Waals surface area contributed by atoms with Crippen LogP contribution in [0.15, 0.2) is 18.2 Å². The first-order valence-electron chi connectivity index (χ1n) is 6.95. The summed E-state index contributed by atoms with van der Waals surface area (Å²) in [6.07, 6.45) is 2.06. The number of likely N-dealkylation sites (tertiary alicyclic amines) is 1. The maximum absolute atomic E-state index is 12.5. The topological polar surface area (TPSA) is 89.5 Å². The Balaban J connectivity index is 0.00000176. The van der Waals surface area contributed by atoms with Crippen molar-refractivity contribution in [2.75, 3.05) is 13.1 Å². The Kier molecular flexibility index (Phi) is 4.94. The van der Waals surface area contributed by atoms with Gasteiger partial charge in [0.15, 0.2) is 0 Å². The molecule has 1 saturated carbocycles. The lowest BCUT2D eigenvalue weighted by Gasteiger charge is -2.18. The summed E-state index contributed by atoms with van der Waals surface area (Å²) < 4.78 is 0. The Morgan fingerprint density at radius 3 is 2.68 bits per heavy atom. The van der Waals surface area contributed by atoms with E-state index in [2.05, 4.69) is 0 Å². The third-order valence-corrected chi connectivity index (χ3v) is 4.76. The Bertz CT molecular complexity index is 611. The number of nitrogens with two attached hydrogens (primary N) is 1. The number of nitro groups is 1. The van der Waals surface area contributed by atoms with Crippen molar-refractivity contribution in [2.45, 2.75) is 18.9 Å². The van der Waals surface area contributed by atoms with Crippen molar-refractivity contribution < 1.29 is 9.72 Å². The van der Waals surface area contributed by atoms with Crippen LogP contribution in [0.4, 0.5) is 5.69 Å². The van der Waals surface area contributed by atoms with Gasteiger partial charge in [0.25, 0.3) is 11.6 Å². The molecule has 3 unspecified atom stereocenters. The van der Waals surface area contributed by atoms with Gasteiger partial charge in [0, 0.05) is 41.9 Å². The molecule has 3 atom stereocenters. The van der Waals surface area contributed by atoms with E-state index in [1.54, 1.807) is 4.90 Å². The molecule has 0 spiro atoms. The molecule has 3 rings (SSSR count). The summed E-state index contributed by atoms with van der Waals surface area (Å²) in [5.74, 6) is 0.600. The van der Waals surface area contributed by atoms with Gasteiger partial charge in [-0.2, -0.15) is 0 Å². The van der Waals surface area contributed by atoms with E-state index in [-0.39, 0.29) is 40.6 Å². The molecule has 120 valence electrons. The monoisotopic (exact) mass is 345 g/mol. The van der Waals surface area contributed by atoms with Gasteiger partial charge in [0.2, 0.25) is 0 Å². The Morgan fingerprint density at radius 2 is 2.05 bits per heavy atom. The zero-order valence-corrected chi connectivity index (χ0v) is 13.3. The average molecular weight is 346 g/mol. The molecule has 22 heavy (non-hydrogen) atoms. The maximum atomic E-state index is 12.5. The van der Waals surface area contributed by atoms with Gasteiger partial charge in [-0.05, 0) is 30.7 Å². The lowest BCUT2D eigenvalue weighted by molar-refractivity contribution is -0.384. The number of fused-ring (bicyclic) bond motifs is 1. The van der Waals surface area contributed by atoms with Gasteiger partial charge < -0.3 is 10.6 Å². The van der Waals surface area contributed by atoms with Gasteiger partial charge in [0.1, 0.15) is 0 Å². The standard InChI is InChI=1S/C14H16ClN3O3.ClH/c15-10-3-9(4-11(5-10)18(20)21)14(19)17-6-8-1-2-13(16)12(8)7-17;/h3-5,8,12-13H,1-2,6-7,16H2;1H. The van der Waals surface area contributed by atoms with Gasteiger partial charge in [-0.1, -0.05) is 11.6 Å². The summed E-state index contributed by atoms with van der Waals surface area (Å²) in [4.78, 5) is 24.6. The average Bonchev–Trinajstić information content (AvgIpc) is 3.00. The third kappa shape index (κ3) is 3.04. The van der Waals surface area contributed by atoms with E-state index in [0.29, 0.717) is 24.9 Å². The zero-order valence-electron chi connectivity index (χ0n) is 11.8. The van der Waals surface area contributed by atoms with E-state index in [1.165, 1.54) is 18.2 Å². The van der Waals surface area contributed by atoms with Crippen molar-refractivity contribution in [1.29, 1.82) is 0 Å². The van der Waals surface area contributed by atoms with Crippen LogP contribution in [0.1, 0.15) is 23.2 Å². The SMILES string of the molecule is Cl.NC1CCC2CN(C(=O)c3cc(Cl)cc([N+](=O)[O-])c3)CC12. The van der Waals surface area contributed by atoms with Crippen LogP contribution in [-0.4, -0.2) is 34.9 Å². The molecule has 8 heteroatoms.